The van der Waals surface area contributed by atoms with Crippen LogP contribution in [0.15, 0.2) is 84.5 Å². The Hall–Kier alpha value is -5.34. The zero-order valence-electron chi connectivity index (χ0n) is 34.4. The van der Waals surface area contributed by atoms with E-state index in [1.165, 1.54) is 11.3 Å². The quantitative estimate of drug-likeness (QED) is 0.0908. The maximum absolute atomic E-state index is 14.5. The minimum Gasteiger partial charge on any atom is -0.465 e. The average molecular weight is 812 g/mol. The summed E-state index contributed by atoms with van der Waals surface area (Å²) < 4.78 is 0. The maximum Gasteiger partial charge on any atom is 0.405 e. The van der Waals surface area contributed by atoms with Gasteiger partial charge in [0.1, 0.15) is 12.1 Å². The summed E-state index contributed by atoms with van der Waals surface area (Å²) in [4.78, 5) is 66.1. The number of thiazole rings is 1. The lowest BCUT2D eigenvalue weighted by Crippen LogP contribution is -2.59. The Morgan fingerprint density at radius 2 is 1.52 bits per heavy atom. The molecule has 5 atom stereocenters. The van der Waals surface area contributed by atoms with Gasteiger partial charge in [0.2, 0.25) is 11.8 Å². The van der Waals surface area contributed by atoms with Crippen molar-refractivity contribution in [3.8, 4) is 11.1 Å². The molecule has 1 aliphatic rings. The van der Waals surface area contributed by atoms with E-state index in [-0.39, 0.29) is 24.8 Å². The fraction of sp³-hybridized carbons (Fsp3) is 0.455. The van der Waals surface area contributed by atoms with Crippen molar-refractivity contribution in [1.29, 1.82) is 0 Å². The minimum absolute atomic E-state index is 0.0476. The first-order valence-electron chi connectivity index (χ1n) is 19.7. The number of hydrogen-bond donors (Lipinski definition) is 5. The molecule has 0 aliphatic carbocycles. The van der Waals surface area contributed by atoms with Crippen molar-refractivity contribution in [2.45, 2.75) is 105 Å². The van der Waals surface area contributed by atoms with Crippen molar-refractivity contribution in [3.05, 3.63) is 106 Å². The van der Waals surface area contributed by atoms with E-state index < -0.39 is 53.1 Å². The van der Waals surface area contributed by atoms with E-state index in [0.717, 1.165) is 33.0 Å². The van der Waals surface area contributed by atoms with Crippen molar-refractivity contribution < 1.29 is 29.4 Å². The number of aromatic nitrogens is 2. The standard InChI is InChI=1S/C44H57N7O6S/c1-28-46-34(27-58-28)26-50-20-21-51(42(50)57)38(44(5,6)7)40(54)47-33(22-29-12-9-8-10-13-29)24-36(52)35(48-39(53)37(43(2,3)4)49-41(55)56)23-30-15-17-31(18-16-30)32-14-11-19-45-25-32/h8-19,25,27,33,35-38,49,52H,20-24,26H2,1-7H3,(H,47,54)(H,48,53)(H,55,56)/t33-,35-,36-,37+,38+/m0/s1. The van der Waals surface area contributed by atoms with Crippen LogP contribution in [0.2, 0.25) is 0 Å². The average Bonchev–Trinajstić information content (AvgIpc) is 3.73. The molecule has 14 heteroatoms. The molecule has 0 saturated carbocycles. The molecule has 58 heavy (non-hydrogen) atoms. The Kier molecular flexibility index (Phi) is 14.3. The fourth-order valence-electron chi connectivity index (χ4n) is 7.46. The van der Waals surface area contributed by atoms with E-state index in [1.54, 1.807) is 43.0 Å². The second-order valence-corrected chi connectivity index (χ2v) is 18.3. The highest BCUT2D eigenvalue weighted by Crippen LogP contribution is 2.30. The molecule has 1 fully saturated rings. The number of carbonyl (C=O) groups excluding carboxylic acids is 3. The Morgan fingerprint density at radius 1 is 0.828 bits per heavy atom. The molecule has 0 radical (unpaired) electrons. The number of aliphatic hydroxyl groups excluding tert-OH is 1. The van der Waals surface area contributed by atoms with E-state index in [2.05, 4.69) is 25.9 Å². The van der Waals surface area contributed by atoms with Crippen LogP contribution in [0.5, 0.6) is 0 Å². The number of rotatable bonds is 16. The Morgan fingerprint density at radius 3 is 2.10 bits per heavy atom. The molecule has 5 rings (SSSR count). The van der Waals surface area contributed by atoms with E-state index in [9.17, 15) is 29.4 Å². The first kappa shape index (κ1) is 43.8. The molecule has 2 aromatic carbocycles. The molecule has 0 bridgehead atoms. The van der Waals surface area contributed by atoms with Crippen LogP contribution >= 0.6 is 11.3 Å². The third kappa shape index (κ3) is 11.9. The van der Waals surface area contributed by atoms with Gasteiger partial charge in [-0.2, -0.15) is 0 Å². The van der Waals surface area contributed by atoms with Gasteiger partial charge >= 0.3 is 12.1 Å². The van der Waals surface area contributed by atoms with Crippen LogP contribution in [-0.4, -0.2) is 97.3 Å². The van der Waals surface area contributed by atoms with E-state index in [0.29, 0.717) is 26.1 Å². The first-order chi connectivity index (χ1) is 27.4. The third-order valence-corrected chi connectivity index (χ3v) is 11.1. The largest absolute Gasteiger partial charge is 0.465 e. The number of benzene rings is 2. The Bertz CT molecular complexity index is 2000. The van der Waals surface area contributed by atoms with Gasteiger partial charge in [-0.05, 0) is 65.3 Å². The van der Waals surface area contributed by atoms with Crippen LogP contribution in [0.4, 0.5) is 9.59 Å². The molecule has 310 valence electrons. The number of carboxylic acid groups (broad SMARTS) is 1. The highest BCUT2D eigenvalue weighted by atomic mass is 32.1. The highest BCUT2D eigenvalue weighted by Gasteiger charge is 2.44. The summed E-state index contributed by atoms with van der Waals surface area (Å²) >= 11 is 1.53. The first-order valence-corrected chi connectivity index (χ1v) is 20.5. The SMILES string of the molecule is Cc1nc(CN2CCN([C@H](C(=O)N[C@@H](Cc3ccccc3)C[C@H](O)[C@H](Cc3ccc(-c4cccnc4)cc3)NC(=O)[C@@H](NC(=O)O)C(C)(C)C)C(C)(C)C)C2=O)cs1. The topological polar surface area (TPSA) is 177 Å². The summed E-state index contributed by atoms with van der Waals surface area (Å²) in [5.41, 5.74) is 3.05. The van der Waals surface area contributed by atoms with Crippen molar-refractivity contribution >= 4 is 35.3 Å². The number of hydrogen-bond acceptors (Lipinski definition) is 8. The molecule has 0 spiro atoms. The molecule has 1 aliphatic heterocycles. The van der Waals surface area contributed by atoms with E-state index in [4.69, 9.17) is 0 Å². The van der Waals surface area contributed by atoms with Gasteiger partial charge in [0, 0.05) is 36.9 Å². The monoisotopic (exact) mass is 811 g/mol. The number of urea groups is 1. The number of carbonyl (C=O) groups is 4. The fourth-order valence-corrected chi connectivity index (χ4v) is 8.07. The van der Waals surface area contributed by atoms with Gasteiger partial charge in [-0.3, -0.25) is 14.6 Å². The van der Waals surface area contributed by atoms with Gasteiger partial charge in [0.25, 0.3) is 0 Å². The van der Waals surface area contributed by atoms with Gasteiger partial charge in [0.05, 0.1) is 29.4 Å². The van der Waals surface area contributed by atoms with Gasteiger partial charge in [0.15, 0.2) is 0 Å². The number of aryl methyl sites for hydroxylation is 1. The molecule has 2 aromatic heterocycles. The summed E-state index contributed by atoms with van der Waals surface area (Å²) in [5, 5.41) is 33.1. The van der Waals surface area contributed by atoms with Crippen molar-refractivity contribution in [2.24, 2.45) is 10.8 Å². The summed E-state index contributed by atoms with van der Waals surface area (Å²) in [6, 6.07) is 17.5. The predicted octanol–water partition coefficient (Wildman–Crippen LogP) is 6.05. The van der Waals surface area contributed by atoms with Gasteiger partial charge in [-0.15, -0.1) is 11.3 Å². The lowest BCUT2D eigenvalue weighted by molar-refractivity contribution is -0.130. The van der Waals surface area contributed by atoms with Crippen LogP contribution in [0.25, 0.3) is 11.1 Å². The molecule has 5 N–H and O–H groups in total. The number of nitrogens with zero attached hydrogens (tertiary/aromatic N) is 4. The lowest BCUT2D eigenvalue weighted by Gasteiger charge is -2.38. The molecule has 1 saturated heterocycles. The summed E-state index contributed by atoms with van der Waals surface area (Å²) in [6.07, 6.45) is 1.60. The van der Waals surface area contributed by atoms with E-state index in [1.807, 2.05) is 99.8 Å². The highest BCUT2D eigenvalue weighted by molar-refractivity contribution is 7.09. The Balaban J connectivity index is 1.41. The van der Waals surface area contributed by atoms with Crippen LogP contribution in [0, 0.1) is 17.8 Å². The van der Waals surface area contributed by atoms with Crippen LogP contribution in [0.1, 0.15) is 69.8 Å². The second-order valence-electron chi connectivity index (χ2n) is 17.2. The summed E-state index contributed by atoms with van der Waals surface area (Å²) in [6.45, 7) is 14.2. The number of nitrogens with one attached hydrogen (secondary N) is 3. The van der Waals surface area contributed by atoms with Crippen LogP contribution in [-0.2, 0) is 29.0 Å². The maximum atomic E-state index is 14.5. The normalized spacial score (nSPS) is 16.0. The number of amides is 5. The lowest BCUT2D eigenvalue weighted by atomic mass is 9.84. The third-order valence-electron chi connectivity index (χ3n) is 10.3. The molecule has 0 unspecified atom stereocenters. The van der Waals surface area contributed by atoms with Gasteiger partial charge in [-0.1, -0.05) is 102 Å². The summed E-state index contributed by atoms with van der Waals surface area (Å²) in [7, 11) is 0. The molecule has 4 aromatic rings. The Labute approximate surface area is 345 Å². The zero-order chi connectivity index (χ0) is 42.2. The molecular weight excluding hydrogens is 755 g/mol. The molecule has 3 heterocycles. The van der Waals surface area contributed by atoms with Crippen molar-refractivity contribution in [3.63, 3.8) is 0 Å². The molecule has 5 amide bonds. The van der Waals surface area contributed by atoms with Crippen molar-refractivity contribution in [1.82, 2.24) is 35.7 Å². The summed E-state index contributed by atoms with van der Waals surface area (Å²) in [5.74, 6) is -0.919. The van der Waals surface area contributed by atoms with Crippen LogP contribution < -0.4 is 16.0 Å². The predicted molar refractivity (Wildman–Crippen MR) is 225 cm³/mol. The van der Waals surface area contributed by atoms with E-state index >= 15 is 0 Å². The number of aliphatic hydroxyl groups is 1. The number of pyridine rings is 1. The zero-order valence-corrected chi connectivity index (χ0v) is 35.3. The second kappa shape index (κ2) is 18.9. The molecular formula is C44H57N7O6S. The minimum atomic E-state index is -1.34. The van der Waals surface area contributed by atoms with Crippen LogP contribution in [0.3, 0.4) is 0 Å². The van der Waals surface area contributed by atoms with Gasteiger partial charge < -0.3 is 36.0 Å². The van der Waals surface area contributed by atoms with Crippen molar-refractivity contribution in [2.75, 3.05) is 13.1 Å². The van der Waals surface area contributed by atoms with Gasteiger partial charge in [-0.25, -0.2) is 14.6 Å². The molecule has 13 nitrogen and oxygen atoms in total. The smallest absolute Gasteiger partial charge is 0.405 e.